The third-order valence-corrected chi connectivity index (χ3v) is 13.6. The molecule has 0 fully saturated rings. The first-order valence-corrected chi connectivity index (χ1v) is 29.4. The van der Waals surface area contributed by atoms with Gasteiger partial charge in [-0.1, -0.05) is 237 Å². The maximum absolute atomic E-state index is 13.0. The molecule has 0 rings (SSSR count). The average molecular weight is 938 g/mol. The van der Waals surface area contributed by atoms with E-state index in [4.69, 9.17) is 9.05 Å². The zero-order valence-corrected chi connectivity index (χ0v) is 44.6. The van der Waals surface area contributed by atoms with Gasteiger partial charge in [0.25, 0.3) is 0 Å². The molecule has 0 aromatic heterocycles. The van der Waals surface area contributed by atoms with E-state index < -0.39 is 20.0 Å². The summed E-state index contributed by atoms with van der Waals surface area (Å²) >= 11 is 0. The molecule has 0 aliphatic rings. The van der Waals surface area contributed by atoms with Crippen molar-refractivity contribution in [1.82, 2.24) is 5.32 Å². The number of quaternary nitrogens is 1. The van der Waals surface area contributed by atoms with Crippen LogP contribution in [0.15, 0.2) is 36.5 Å². The second-order valence-electron chi connectivity index (χ2n) is 20.3. The molecule has 0 radical (unpaired) electrons. The highest BCUT2D eigenvalue weighted by atomic mass is 31.2. The van der Waals surface area contributed by atoms with Crippen LogP contribution in [0, 0.1) is 0 Å². The first-order chi connectivity index (χ1) is 31.5. The van der Waals surface area contributed by atoms with Crippen LogP contribution < -0.4 is 5.32 Å². The third-order valence-electron chi connectivity index (χ3n) is 12.6. The van der Waals surface area contributed by atoms with Crippen molar-refractivity contribution < 1.29 is 32.9 Å². The van der Waals surface area contributed by atoms with Gasteiger partial charge >= 0.3 is 7.82 Å². The van der Waals surface area contributed by atoms with Gasteiger partial charge in [0.05, 0.1) is 39.9 Å². The summed E-state index contributed by atoms with van der Waals surface area (Å²) in [7, 11) is 1.56. The van der Waals surface area contributed by atoms with Gasteiger partial charge in [-0.25, -0.2) is 4.57 Å². The van der Waals surface area contributed by atoms with Gasteiger partial charge in [0, 0.05) is 6.42 Å². The lowest BCUT2D eigenvalue weighted by Crippen LogP contribution is -2.45. The number of nitrogens with one attached hydrogen (secondary N) is 1. The van der Waals surface area contributed by atoms with Gasteiger partial charge < -0.3 is 19.8 Å². The Kier molecular flexibility index (Phi) is 46.8. The van der Waals surface area contributed by atoms with Crippen molar-refractivity contribution in [3.63, 3.8) is 0 Å². The van der Waals surface area contributed by atoms with Crippen molar-refractivity contribution in [3.05, 3.63) is 36.5 Å². The fourth-order valence-electron chi connectivity index (χ4n) is 8.17. The number of nitrogens with zero attached hydrogens (tertiary/aromatic N) is 1. The first kappa shape index (κ1) is 63.7. The van der Waals surface area contributed by atoms with Gasteiger partial charge in [-0.15, -0.1) is 0 Å². The lowest BCUT2D eigenvalue weighted by atomic mass is 10.0. The fourth-order valence-corrected chi connectivity index (χ4v) is 8.91. The van der Waals surface area contributed by atoms with E-state index in [1.807, 2.05) is 27.2 Å². The van der Waals surface area contributed by atoms with Crippen molar-refractivity contribution in [2.24, 2.45) is 0 Å². The molecule has 0 spiro atoms. The van der Waals surface area contributed by atoms with Crippen molar-refractivity contribution in [1.29, 1.82) is 0 Å². The van der Waals surface area contributed by atoms with Crippen LogP contribution in [0.3, 0.4) is 0 Å². The summed E-state index contributed by atoms with van der Waals surface area (Å²) in [6, 6.07) is -0.865. The van der Waals surface area contributed by atoms with E-state index in [1.165, 1.54) is 205 Å². The van der Waals surface area contributed by atoms with Crippen LogP contribution in [0.1, 0.15) is 264 Å². The number of hydrogen-bond donors (Lipinski definition) is 3. The van der Waals surface area contributed by atoms with Gasteiger partial charge in [0.2, 0.25) is 5.91 Å². The molecule has 3 atom stereocenters. The topological polar surface area (TPSA) is 105 Å². The standard InChI is InChI=1S/C56H109N2O6P/c1-6-8-10-12-14-16-18-20-22-24-26-28-29-30-31-33-35-37-39-41-43-45-47-49-55(59)54(53-64-65(61,62)63-52-51-58(3,4)5)57-56(60)50-48-46-44-42-40-38-36-34-32-27-25-23-21-19-17-15-13-11-9-7-2/h27,32,39,41,47,49,54-55,59H,6-26,28-31,33-38,40,42-46,48,50-53H2,1-5H3,(H-,57,60,61,62)/p+1/b32-27-,41-39+,49-47+. The third kappa shape index (κ3) is 50.4. The normalized spacial score (nSPS) is 14.3. The molecule has 0 bridgehead atoms. The largest absolute Gasteiger partial charge is 0.472 e. The highest BCUT2D eigenvalue weighted by molar-refractivity contribution is 7.47. The van der Waals surface area contributed by atoms with Crippen LogP contribution in [0.5, 0.6) is 0 Å². The van der Waals surface area contributed by atoms with Crippen LogP contribution in [-0.2, 0) is 18.4 Å². The van der Waals surface area contributed by atoms with E-state index in [2.05, 4.69) is 43.5 Å². The number of aliphatic hydroxyl groups is 1. The number of likely N-dealkylation sites (N-methyl/N-ethyl adjacent to an activating group) is 1. The van der Waals surface area contributed by atoms with E-state index in [0.29, 0.717) is 17.4 Å². The lowest BCUT2D eigenvalue weighted by molar-refractivity contribution is -0.870. The quantitative estimate of drug-likeness (QED) is 0.0243. The molecule has 0 saturated heterocycles. The maximum Gasteiger partial charge on any atom is 0.472 e. The average Bonchev–Trinajstić information content (AvgIpc) is 3.26. The Hall–Kier alpha value is -1.28. The number of allylic oxidation sites excluding steroid dienone is 5. The molecule has 0 aromatic carbocycles. The summed E-state index contributed by atoms with van der Waals surface area (Å²) in [5, 5.41) is 13.9. The van der Waals surface area contributed by atoms with Crippen molar-refractivity contribution >= 4 is 13.7 Å². The van der Waals surface area contributed by atoms with Gasteiger partial charge in [-0.05, 0) is 57.8 Å². The minimum absolute atomic E-state index is 0.0558. The predicted octanol–water partition coefficient (Wildman–Crippen LogP) is 16.6. The van der Waals surface area contributed by atoms with Crippen LogP contribution in [0.2, 0.25) is 0 Å². The van der Waals surface area contributed by atoms with E-state index in [-0.39, 0.29) is 19.1 Å². The summed E-state index contributed by atoms with van der Waals surface area (Å²) in [6.45, 7) is 4.82. The number of carbonyl (C=O) groups excluding carboxylic acids is 1. The van der Waals surface area contributed by atoms with Crippen LogP contribution in [-0.4, -0.2) is 73.4 Å². The van der Waals surface area contributed by atoms with Crippen LogP contribution >= 0.6 is 7.82 Å². The van der Waals surface area contributed by atoms with Gasteiger partial charge in [0.15, 0.2) is 0 Å². The Morgan fingerprint density at radius 3 is 1.23 bits per heavy atom. The molecule has 0 aliphatic carbocycles. The molecule has 65 heavy (non-hydrogen) atoms. The van der Waals surface area contributed by atoms with E-state index in [1.54, 1.807) is 6.08 Å². The maximum atomic E-state index is 13.0. The molecule has 0 aliphatic heterocycles. The van der Waals surface area contributed by atoms with Crippen molar-refractivity contribution in [2.75, 3.05) is 40.9 Å². The summed E-state index contributed by atoms with van der Waals surface area (Å²) in [4.78, 5) is 23.3. The molecule has 0 saturated carbocycles. The number of carbonyl (C=O) groups is 1. The molecule has 384 valence electrons. The molecule has 0 aromatic rings. The number of phosphoric ester groups is 1. The summed E-state index contributed by atoms with van der Waals surface area (Å²) in [5.74, 6) is -0.189. The monoisotopic (exact) mass is 938 g/mol. The zero-order chi connectivity index (χ0) is 47.8. The molecule has 3 N–H and O–H groups in total. The van der Waals surface area contributed by atoms with Gasteiger partial charge in [-0.3, -0.25) is 13.8 Å². The molecule has 3 unspecified atom stereocenters. The molecule has 9 heteroatoms. The van der Waals surface area contributed by atoms with E-state index >= 15 is 0 Å². The molecule has 0 heterocycles. The van der Waals surface area contributed by atoms with Gasteiger partial charge in [-0.2, -0.15) is 0 Å². The van der Waals surface area contributed by atoms with Crippen LogP contribution in [0.25, 0.3) is 0 Å². The number of rotatable bonds is 51. The molecule has 1 amide bonds. The Balaban J connectivity index is 4.29. The van der Waals surface area contributed by atoms with Crippen molar-refractivity contribution in [2.45, 2.75) is 276 Å². The molecule has 8 nitrogen and oxygen atoms in total. The Morgan fingerprint density at radius 2 is 0.846 bits per heavy atom. The number of unbranched alkanes of at least 4 members (excludes halogenated alkanes) is 34. The fraction of sp³-hybridized carbons (Fsp3) is 0.875. The van der Waals surface area contributed by atoms with Crippen molar-refractivity contribution in [3.8, 4) is 0 Å². The highest BCUT2D eigenvalue weighted by Gasteiger charge is 2.27. The summed E-state index contributed by atoms with van der Waals surface area (Å²) in [6.07, 6.45) is 61.0. The number of phosphoric acid groups is 1. The first-order valence-electron chi connectivity index (χ1n) is 27.9. The smallest absolute Gasteiger partial charge is 0.387 e. The number of aliphatic hydroxyl groups excluding tert-OH is 1. The second kappa shape index (κ2) is 47.8. The molecular formula is C56H110N2O6P+. The van der Waals surface area contributed by atoms with E-state index in [0.717, 1.165) is 38.5 Å². The summed E-state index contributed by atoms with van der Waals surface area (Å²) in [5.41, 5.74) is 0. The lowest BCUT2D eigenvalue weighted by Gasteiger charge is -2.25. The van der Waals surface area contributed by atoms with E-state index in [9.17, 15) is 19.4 Å². The number of hydrogen-bond acceptors (Lipinski definition) is 5. The summed E-state index contributed by atoms with van der Waals surface area (Å²) < 4.78 is 23.7. The Labute approximate surface area is 404 Å². The highest BCUT2D eigenvalue weighted by Crippen LogP contribution is 2.43. The Morgan fingerprint density at radius 1 is 0.508 bits per heavy atom. The minimum atomic E-state index is -4.35. The predicted molar refractivity (Wildman–Crippen MR) is 281 cm³/mol. The minimum Gasteiger partial charge on any atom is -0.387 e. The Bertz CT molecular complexity index is 1150. The molecular weight excluding hydrogens is 828 g/mol. The van der Waals surface area contributed by atoms with Crippen LogP contribution in [0.4, 0.5) is 0 Å². The number of amides is 1. The second-order valence-corrected chi connectivity index (χ2v) is 21.8. The zero-order valence-electron chi connectivity index (χ0n) is 43.7. The van der Waals surface area contributed by atoms with Gasteiger partial charge in [0.1, 0.15) is 13.2 Å². The SMILES string of the molecule is CCCCCCCCCCC/C=C\CCCCCCCCCC(=O)NC(COP(=O)(O)OCC[N+](C)(C)C)C(O)/C=C/CC/C=C/CCCCCCCCCCCCCCCCCCC.